The Morgan fingerprint density at radius 3 is 2.04 bits per heavy atom. The fraction of sp³-hybridized carbons (Fsp3) is 0.318. The van der Waals surface area contributed by atoms with Crippen LogP contribution in [0.15, 0.2) is 60.7 Å². The summed E-state index contributed by atoms with van der Waals surface area (Å²) in [4.78, 5) is 41.1. The van der Waals surface area contributed by atoms with Crippen LogP contribution in [0.4, 0.5) is 4.79 Å². The highest BCUT2D eigenvalue weighted by Gasteiger charge is 2.58. The molecular formula is C22H24N2O4. The van der Waals surface area contributed by atoms with Crippen molar-refractivity contribution in [1.82, 2.24) is 9.80 Å². The van der Waals surface area contributed by atoms with Gasteiger partial charge in [-0.3, -0.25) is 4.79 Å². The first kappa shape index (κ1) is 19.6. The molecule has 6 nitrogen and oxygen atoms in total. The second-order valence-corrected chi connectivity index (χ2v) is 7.49. The Kier molecular flexibility index (Phi) is 5.23. The Morgan fingerprint density at radius 1 is 1.00 bits per heavy atom. The zero-order chi connectivity index (χ0) is 20.5. The number of rotatable bonds is 6. The monoisotopic (exact) mass is 380 g/mol. The molecule has 2 aromatic carbocycles. The number of nitrogens with zero attached hydrogens (tertiary/aromatic N) is 2. The van der Waals surface area contributed by atoms with Crippen molar-refractivity contribution in [3.8, 4) is 0 Å². The Balaban J connectivity index is 2.12. The maximum absolute atomic E-state index is 13.5. The molecule has 3 rings (SSSR count). The van der Waals surface area contributed by atoms with Gasteiger partial charge in [0.2, 0.25) is 0 Å². The van der Waals surface area contributed by atoms with Crippen LogP contribution in [0, 0.1) is 5.92 Å². The van der Waals surface area contributed by atoms with Gasteiger partial charge in [-0.25, -0.2) is 14.5 Å². The van der Waals surface area contributed by atoms with E-state index in [1.807, 2.05) is 36.4 Å². The molecule has 0 saturated carbocycles. The summed E-state index contributed by atoms with van der Waals surface area (Å²) in [5.41, 5.74) is 0.236. The lowest BCUT2D eigenvalue weighted by Crippen LogP contribution is -2.49. The highest BCUT2D eigenvalue weighted by Crippen LogP contribution is 2.40. The van der Waals surface area contributed by atoms with E-state index in [0.29, 0.717) is 5.56 Å². The van der Waals surface area contributed by atoms with E-state index in [4.69, 9.17) is 0 Å². The smallest absolute Gasteiger partial charge is 0.329 e. The minimum Gasteiger partial charge on any atom is -0.480 e. The second kappa shape index (κ2) is 7.46. The first-order chi connectivity index (χ1) is 13.3. The van der Waals surface area contributed by atoms with Gasteiger partial charge in [0, 0.05) is 6.54 Å². The van der Waals surface area contributed by atoms with Crippen LogP contribution in [0.2, 0.25) is 0 Å². The summed E-state index contributed by atoms with van der Waals surface area (Å²) in [5.74, 6) is -2.11. The molecular weight excluding hydrogens is 356 g/mol. The standard InChI is InChI=1S/C22H24N2O4/c1-15(2)18(19(25)26)24-20(27)22(3,17-12-8-5-9-13-17)23(21(24)28)14-16-10-6-4-7-11-16/h4-13,15,18H,14H2,1-3H3,(H,25,26). The summed E-state index contributed by atoms with van der Waals surface area (Å²) < 4.78 is 0. The second-order valence-electron chi connectivity index (χ2n) is 7.49. The van der Waals surface area contributed by atoms with Gasteiger partial charge in [-0.05, 0) is 24.0 Å². The van der Waals surface area contributed by atoms with Crippen LogP contribution in [-0.2, 0) is 21.7 Å². The Hall–Kier alpha value is -3.15. The van der Waals surface area contributed by atoms with Gasteiger partial charge in [0.05, 0.1) is 0 Å². The fourth-order valence-electron chi connectivity index (χ4n) is 3.73. The molecule has 1 aliphatic heterocycles. The summed E-state index contributed by atoms with van der Waals surface area (Å²) in [5, 5.41) is 9.69. The van der Waals surface area contributed by atoms with Crippen LogP contribution < -0.4 is 0 Å². The molecule has 0 bridgehead atoms. The highest BCUT2D eigenvalue weighted by atomic mass is 16.4. The third kappa shape index (κ3) is 3.15. The number of aliphatic carboxylic acids is 1. The van der Waals surface area contributed by atoms with Crippen LogP contribution in [-0.4, -0.2) is 38.9 Å². The van der Waals surface area contributed by atoms with Crippen LogP contribution in [0.5, 0.6) is 0 Å². The van der Waals surface area contributed by atoms with Gasteiger partial charge >= 0.3 is 12.0 Å². The molecule has 2 aromatic rings. The van der Waals surface area contributed by atoms with Crippen LogP contribution in [0.25, 0.3) is 0 Å². The molecule has 1 N–H and O–H groups in total. The summed E-state index contributed by atoms with van der Waals surface area (Å²) in [6.45, 7) is 5.28. The Bertz CT molecular complexity index is 882. The molecule has 0 spiro atoms. The number of hydrogen-bond acceptors (Lipinski definition) is 3. The van der Waals surface area contributed by atoms with Crippen LogP contribution in [0.1, 0.15) is 31.9 Å². The topological polar surface area (TPSA) is 77.9 Å². The number of carboxylic acid groups (broad SMARTS) is 1. The third-order valence-electron chi connectivity index (χ3n) is 5.29. The van der Waals surface area contributed by atoms with Crippen LogP contribution >= 0.6 is 0 Å². The van der Waals surface area contributed by atoms with E-state index in [2.05, 4.69) is 0 Å². The SMILES string of the molecule is CC(C)C(C(=O)O)N1C(=O)N(Cc2ccccc2)C(C)(c2ccccc2)C1=O. The van der Waals surface area contributed by atoms with Gasteiger partial charge in [0.1, 0.15) is 11.6 Å². The number of benzene rings is 2. The lowest BCUT2D eigenvalue weighted by Gasteiger charge is -2.32. The van der Waals surface area contributed by atoms with Crippen LogP contribution in [0.3, 0.4) is 0 Å². The number of carboxylic acids is 1. The number of imide groups is 1. The Morgan fingerprint density at radius 2 is 1.54 bits per heavy atom. The van der Waals surface area contributed by atoms with Crippen molar-refractivity contribution in [2.24, 2.45) is 5.92 Å². The minimum atomic E-state index is -1.28. The highest BCUT2D eigenvalue weighted by molar-refractivity contribution is 6.09. The molecule has 1 aliphatic rings. The molecule has 2 atom stereocenters. The minimum absolute atomic E-state index is 0.206. The molecule has 0 aliphatic carbocycles. The van der Waals surface area contributed by atoms with E-state index >= 15 is 0 Å². The van der Waals surface area contributed by atoms with Crippen molar-refractivity contribution >= 4 is 17.9 Å². The predicted molar refractivity (Wildman–Crippen MR) is 104 cm³/mol. The molecule has 1 heterocycles. The molecule has 1 saturated heterocycles. The first-order valence-corrected chi connectivity index (χ1v) is 9.26. The van der Waals surface area contributed by atoms with E-state index in [1.165, 1.54) is 4.90 Å². The van der Waals surface area contributed by atoms with E-state index in [0.717, 1.165) is 10.5 Å². The van der Waals surface area contributed by atoms with E-state index in [-0.39, 0.29) is 6.54 Å². The Labute approximate surface area is 164 Å². The maximum atomic E-state index is 13.5. The summed E-state index contributed by atoms with van der Waals surface area (Å²) in [6, 6.07) is 16.6. The van der Waals surface area contributed by atoms with Crippen molar-refractivity contribution < 1.29 is 19.5 Å². The predicted octanol–water partition coefficient (Wildman–Crippen LogP) is 3.48. The largest absolute Gasteiger partial charge is 0.480 e. The van der Waals surface area contributed by atoms with Gasteiger partial charge in [0.25, 0.3) is 5.91 Å². The summed E-state index contributed by atoms with van der Waals surface area (Å²) >= 11 is 0. The fourth-order valence-corrected chi connectivity index (χ4v) is 3.73. The summed E-state index contributed by atoms with van der Waals surface area (Å²) in [6.07, 6.45) is 0. The van der Waals surface area contributed by atoms with Crippen molar-refractivity contribution in [1.29, 1.82) is 0 Å². The molecule has 3 amide bonds. The van der Waals surface area contributed by atoms with Gasteiger partial charge in [0.15, 0.2) is 0 Å². The van der Waals surface area contributed by atoms with Gasteiger partial charge in [-0.2, -0.15) is 0 Å². The molecule has 6 heteroatoms. The third-order valence-corrected chi connectivity index (χ3v) is 5.29. The van der Waals surface area contributed by atoms with Crippen molar-refractivity contribution in [2.45, 2.75) is 38.9 Å². The molecule has 2 unspecified atom stereocenters. The number of urea groups is 1. The van der Waals surface area contributed by atoms with Gasteiger partial charge in [-0.1, -0.05) is 74.5 Å². The van der Waals surface area contributed by atoms with E-state index in [1.54, 1.807) is 45.0 Å². The average molecular weight is 380 g/mol. The molecule has 146 valence electrons. The summed E-state index contributed by atoms with van der Waals surface area (Å²) in [7, 11) is 0. The quantitative estimate of drug-likeness (QED) is 0.779. The van der Waals surface area contributed by atoms with Crippen molar-refractivity contribution in [3.63, 3.8) is 0 Å². The maximum Gasteiger partial charge on any atom is 0.329 e. The normalized spacial score (nSPS) is 20.7. The van der Waals surface area contributed by atoms with Gasteiger partial charge < -0.3 is 10.0 Å². The van der Waals surface area contributed by atoms with Crippen molar-refractivity contribution in [2.75, 3.05) is 0 Å². The first-order valence-electron chi connectivity index (χ1n) is 9.26. The number of hydrogen-bond donors (Lipinski definition) is 1. The molecule has 28 heavy (non-hydrogen) atoms. The average Bonchev–Trinajstić information content (AvgIpc) is 2.86. The van der Waals surface area contributed by atoms with E-state index in [9.17, 15) is 19.5 Å². The van der Waals surface area contributed by atoms with Crippen molar-refractivity contribution in [3.05, 3.63) is 71.8 Å². The number of amides is 3. The zero-order valence-electron chi connectivity index (χ0n) is 16.2. The molecule has 0 aromatic heterocycles. The number of carbonyl (C=O) groups excluding carboxylic acids is 2. The number of carbonyl (C=O) groups is 3. The molecule has 0 radical (unpaired) electrons. The van der Waals surface area contributed by atoms with E-state index < -0.39 is 35.4 Å². The van der Waals surface area contributed by atoms with Gasteiger partial charge in [-0.15, -0.1) is 0 Å². The lowest BCUT2D eigenvalue weighted by molar-refractivity contribution is -0.149. The zero-order valence-corrected chi connectivity index (χ0v) is 16.2. The molecule has 1 fully saturated rings. The lowest BCUT2D eigenvalue weighted by atomic mass is 9.89.